The quantitative estimate of drug-likeness (QED) is 0.211. The van der Waals surface area contributed by atoms with Gasteiger partial charge in [0.25, 0.3) is 0 Å². The van der Waals surface area contributed by atoms with E-state index in [1.54, 1.807) is 30.6 Å². The van der Waals surface area contributed by atoms with Crippen molar-refractivity contribution in [3.8, 4) is 5.75 Å². The molecule has 0 saturated heterocycles. The highest BCUT2D eigenvalue weighted by atomic mass is 16.5. The van der Waals surface area contributed by atoms with Gasteiger partial charge in [-0.15, -0.1) is 0 Å². The Morgan fingerprint density at radius 3 is 1.66 bits per heavy atom. The first-order chi connectivity index (χ1) is 15.8. The van der Waals surface area contributed by atoms with Crippen molar-refractivity contribution in [2.45, 2.75) is 96.8 Å². The molecular formula is C28H43NO3. The lowest BCUT2D eigenvalue weighted by Crippen LogP contribution is -2.06. The van der Waals surface area contributed by atoms with Gasteiger partial charge >= 0.3 is 5.97 Å². The summed E-state index contributed by atoms with van der Waals surface area (Å²) < 4.78 is 5.22. The van der Waals surface area contributed by atoms with Crippen LogP contribution in [-0.2, 0) is 4.74 Å². The minimum absolute atomic E-state index is 0.0153. The van der Waals surface area contributed by atoms with Crippen LogP contribution in [0.2, 0.25) is 0 Å². The number of carbonyl (C=O) groups is 1. The number of phenolic OH excluding ortho intramolecular Hbond substituents is 1. The van der Waals surface area contributed by atoms with Crippen LogP contribution in [0.4, 0.5) is 0 Å². The van der Waals surface area contributed by atoms with Crippen molar-refractivity contribution < 1.29 is 14.6 Å². The van der Waals surface area contributed by atoms with E-state index in [9.17, 15) is 9.90 Å². The topological polar surface area (TPSA) is 59.4 Å². The number of para-hydroxylation sites is 1. The first-order valence-corrected chi connectivity index (χ1v) is 12.6. The van der Waals surface area contributed by atoms with E-state index in [-0.39, 0.29) is 11.3 Å². The van der Waals surface area contributed by atoms with Crippen LogP contribution >= 0.6 is 0 Å². The lowest BCUT2D eigenvalue weighted by atomic mass is 10.0. The van der Waals surface area contributed by atoms with Crippen molar-refractivity contribution in [2.75, 3.05) is 6.61 Å². The fourth-order valence-electron chi connectivity index (χ4n) is 3.50. The molecule has 1 aromatic heterocycles. The van der Waals surface area contributed by atoms with Crippen LogP contribution in [0.15, 0.2) is 54.9 Å². The second-order valence-electron chi connectivity index (χ2n) is 8.27. The third-order valence-electron chi connectivity index (χ3n) is 5.42. The predicted molar refractivity (Wildman–Crippen MR) is 133 cm³/mol. The van der Waals surface area contributed by atoms with Crippen molar-refractivity contribution in [3.63, 3.8) is 0 Å². The van der Waals surface area contributed by atoms with E-state index in [1.807, 2.05) is 18.2 Å². The summed E-state index contributed by atoms with van der Waals surface area (Å²) >= 11 is 0. The third-order valence-corrected chi connectivity index (χ3v) is 5.42. The molecule has 178 valence electrons. The summed E-state index contributed by atoms with van der Waals surface area (Å²) in [5, 5.41) is 9.61. The van der Waals surface area contributed by atoms with E-state index in [2.05, 4.69) is 11.9 Å². The normalized spacial score (nSPS) is 10.3. The number of rotatable bonds is 16. The van der Waals surface area contributed by atoms with Crippen LogP contribution in [0.5, 0.6) is 5.75 Å². The van der Waals surface area contributed by atoms with Gasteiger partial charge in [-0.3, -0.25) is 4.98 Å². The molecule has 1 aromatic carbocycles. The van der Waals surface area contributed by atoms with Gasteiger partial charge in [0, 0.05) is 12.4 Å². The van der Waals surface area contributed by atoms with E-state index in [0.717, 1.165) is 12.8 Å². The molecule has 4 nitrogen and oxygen atoms in total. The Morgan fingerprint density at radius 1 is 0.719 bits per heavy atom. The molecule has 0 bridgehead atoms. The van der Waals surface area contributed by atoms with Crippen LogP contribution in [-0.4, -0.2) is 22.7 Å². The molecule has 2 aromatic rings. The van der Waals surface area contributed by atoms with Crippen molar-refractivity contribution >= 4 is 5.97 Å². The fraction of sp³-hybridized carbons (Fsp3) is 0.571. The summed E-state index contributed by atoms with van der Waals surface area (Å²) in [5.74, 6) is -0.448. The predicted octanol–water partition coefficient (Wildman–Crippen LogP) is 8.11. The number of esters is 1. The number of ether oxygens (including phenoxy) is 1. The molecule has 4 heteroatoms. The maximum Gasteiger partial charge on any atom is 0.341 e. The lowest BCUT2D eigenvalue weighted by molar-refractivity contribution is 0.0494. The van der Waals surface area contributed by atoms with Crippen LogP contribution in [0.1, 0.15) is 107 Å². The number of carbonyl (C=O) groups excluding carboxylic acids is 1. The standard InChI is InChI=1S/C23H38O3.C5H5N/c1-2-3-4-5-6-7-8-9-10-11-12-13-14-17-20-26-23(25)21-18-15-16-19-22(21)24;1-2-4-6-5-3-1/h15-16,18-19,24H,2-14,17,20H2,1H3;1-5H. The summed E-state index contributed by atoms with van der Waals surface area (Å²) in [5.41, 5.74) is 0.248. The zero-order chi connectivity index (χ0) is 23.1. The minimum Gasteiger partial charge on any atom is -0.507 e. The number of nitrogens with zero attached hydrogens (tertiary/aromatic N) is 1. The highest BCUT2D eigenvalue weighted by Crippen LogP contribution is 2.17. The number of aromatic nitrogens is 1. The third kappa shape index (κ3) is 15.4. The Hall–Kier alpha value is -2.36. The molecule has 0 saturated carbocycles. The first kappa shape index (κ1) is 27.7. The zero-order valence-electron chi connectivity index (χ0n) is 20.0. The molecule has 0 aliphatic carbocycles. The van der Waals surface area contributed by atoms with Crippen molar-refractivity contribution in [3.05, 3.63) is 60.4 Å². The van der Waals surface area contributed by atoms with E-state index in [4.69, 9.17) is 4.74 Å². The number of hydrogen-bond donors (Lipinski definition) is 1. The largest absolute Gasteiger partial charge is 0.507 e. The number of phenols is 1. The number of benzene rings is 1. The Morgan fingerprint density at radius 2 is 1.22 bits per heavy atom. The molecule has 0 unspecified atom stereocenters. The summed E-state index contributed by atoms with van der Waals surface area (Å²) in [4.78, 5) is 15.6. The van der Waals surface area contributed by atoms with Crippen LogP contribution in [0, 0.1) is 0 Å². The van der Waals surface area contributed by atoms with Crippen molar-refractivity contribution in [1.82, 2.24) is 4.98 Å². The molecule has 0 aliphatic rings. The maximum atomic E-state index is 11.8. The van der Waals surface area contributed by atoms with E-state index >= 15 is 0 Å². The molecule has 0 aliphatic heterocycles. The van der Waals surface area contributed by atoms with Gasteiger partial charge in [-0.1, -0.05) is 109 Å². The summed E-state index contributed by atoms with van der Waals surface area (Å²) in [6.07, 6.45) is 21.8. The zero-order valence-corrected chi connectivity index (χ0v) is 20.0. The summed E-state index contributed by atoms with van der Waals surface area (Å²) in [7, 11) is 0. The Bertz CT molecular complexity index is 649. The van der Waals surface area contributed by atoms with E-state index < -0.39 is 5.97 Å². The second kappa shape index (κ2) is 20.5. The summed E-state index contributed by atoms with van der Waals surface area (Å²) in [6.45, 7) is 2.70. The molecule has 0 atom stereocenters. The van der Waals surface area contributed by atoms with Gasteiger partial charge in [0.1, 0.15) is 11.3 Å². The highest BCUT2D eigenvalue weighted by molar-refractivity contribution is 5.92. The Labute approximate surface area is 195 Å². The molecule has 0 amide bonds. The van der Waals surface area contributed by atoms with Gasteiger partial charge in [-0.25, -0.2) is 4.79 Å². The Kier molecular flexibility index (Phi) is 17.8. The number of pyridine rings is 1. The van der Waals surface area contributed by atoms with Crippen LogP contribution < -0.4 is 0 Å². The van der Waals surface area contributed by atoms with Crippen LogP contribution in [0.3, 0.4) is 0 Å². The fourth-order valence-corrected chi connectivity index (χ4v) is 3.50. The SMILES string of the molecule is CCCCCCCCCCCCCCCCOC(=O)c1ccccc1O.c1ccncc1. The molecule has 0 fully saturated rings. The second-order valence-corrected chi connectivity index (χ2v) is 8.27. The smallest absolute Gasteiger partial charge is 0.341 e. The molecule has 0 spiro atoms. The Balaban J connectivity index is 0.000000730. The number of aromatic hydroxyl groups is 1. The molecule has 2 rings (SSSR count). The molecular weight excluding hydrogens is 398 g/mol. The molecule has 0 radical (unpaired) electrons. The highest BCUT2D eigenvalue weighted by Gasteiger charge is 2.10. The minimum atomic E-state index is -0.433. The van der Waals surface area contributed by atoms with Gasteiger partial charge in [-0.05, 0) is 30.7 Å². The van der Waals surface area contributed by atoms with Gasteiger partial charge in [0.15, 0.2) is 0 Å². The van der Waals surface area contributed by atoms with Gasteiger partial charge < -0.3 is 9.84 Å². The van der Waals surface area contributed by atoms with Crippen LogP contribution in [0.25, 0.3) is 0 Å². The van der Waals surface area contributed by atoms with Gasteiger partial charge in [-0.2, -0.15) is 0 Å². The van der Waals surface area contributed by atoms with Crippen molar-refractivity contribution in [1.29, 1.82) is 0 Å². The van der Waals surface area contributed by atoms with Gasteiger partial charge in [0.05, 0.1) is 6.61 Å². The first-order valence-electron chi connectivity index (χ1n) is 12.6. The molecule has 32 heavy (non-hydrogen) atoms. The van der Waals surface area contributed by atoms with Gasteiger partial charge in [0.2, 0.25) is 0 Å². The maximum absolute atomic E-state index is 11.8. The molecule has 1 heterocycles. The molecule has 1 N–H and O–H groups in total. The van der Waals surface area contributed by atoms with E-state index in [0.29, 0.717) is 6.61 Å². The average molecular weight is 442 g/mol. The summed E-state index contributed by atoms with van der Waals surface area (Å²) in [6, 6.07) is 12.2. The monoisotopic (exact) mass is 441 g/mol. The number of hydrogen-bond acceptors (Lipinski definition) is 4. The van der Waals surface area contributed by atoms with E-state index in [1.165, 1.54) is 83.1 Å². The number of unbranched alkanes of at least 4 members (excludes halogenated alkanes) is 13. The average Bonchev–Trinajstić information content (AvgIpc) is 2.83. The van der Waals surface area contributed by atoms with Crippen molar-refractivity contribution in [2.24, 2.45) is 0 Å². The lowest BCUT2D eigenvalue weighted by Gasteiger charge is -2.06.